The maximum atomic E-state index is 5.41. The Hall–Kier alpha value is -1.79. The van der Waals surface area contributed by atoms with Crippen molar-refractivity contribution in [2.45, 2.75) is 17.8 Å². The molecule has 23 heavy (non-hydrogen) atoms. The first-order valence-electron chi connectivity index (χ1n) is 7.69. The van der Waals surface area contributed by atoms with E-state index in [1.807, 2.05) is 25.1 Å². The molecule has 0 amide bonds. The predicted molar refractivity (Wildman–Crippen MR) is 92.4 cm³/mol. The molecule has 6 heteroatoms. The molecular weight excluding hydrogens is 310 g/mol. The third-order valence-electron chi connectivity index (χ3n) is 3.68. The molecule has 1 aromatic heterocycles. The molecular formula is C17H21N3O2S. The van der Waals surface area contributed by atoms with Crippen LogP contribution in [0.4, 0.5) is 5.82 Å². The molecule has 1 fully saturated rings. The van der Waals surface area contributed by atoms with Crippen LogP contribution in [0, 0.1) is 6.92 Å². The first-order valence-corrected chi connectivity index (χ1v) is 8.67. The molecule has 2 heterocycles. The smallest absolute Gasteiger partial charge is 0.190 e. The van der Waals surface area contributed by atoms with Crippen LogP contribution < -0.4 is 9.64 Å². The minimum absolute atomic E-state index is 0.761. The molecule has 5 nitrogen and oxygen atoms in total. The van der Waals surface area contributed by atoms with Crippen LogP contribution in [0.15, 0.2) is 35.5 Å². The van der Waals surface area contributed by atoms with Gasteiger partial charge in [0.15, 0.2) is 5.16 Å². The Bertz CT molecular complexity index is 643. The highest BCUT2D eigenvalue weighted by molar-refractivity contribution is 7.98. The number of thioether (sulfide) groups is 1. The van der Waals surface area contributed by atoms with E-state index in [4.69, 9.17) is 14.5 Å². The lowest BCUT2D eigenvalue weighted by atomic mass is 10.2. The van der Waals surface area contributed by atoms with E-state index in [0.717, 1.165) is 54.5 Å². The molecule has 0 aliphatic carbocycles. The Kier molecular flexibility index (Phi) is 5.35. The van der Waals surface area contributed by atoms with Crippen LogP contribution in [0.2, 0.25) is 0 Å². The second-order valence-corrected chi connectivity index (χ2v) is 6.33. The number of morpholine rings is 1. The average molecular weight is 331 g/mol. The van der Waals surface area contributed by atoms with Crippen molar-refractivity contribution >= 4 is 17.6 Å². The molecule has 1 aliphatic rings. The van der Waals surface area contributed by atoms with E-state index in [-0.39, 0.29) is 0 Å². The van der Waals surface area contributed by atoms with Gasteiger partial charge < -0.3 is 14.4 Å². The summed E-state index contributed by atoms with van der Waals surface area (Å²) >= 11 is 1.66. The van der Waals surface area contributed by atoms with Crippen molar-refractivity contribution in [2.75, 3.05) is 38.3 Å². The highest BCUT2D eigenvalue weighted by atomic mass is 32.2. The Morgan fingerprint density at radius 1 is 1.17 bits per heavy atom. The Morgan fingerprint density at radius 2 is 1.91 bits per heavy atom. The topological polar surface area (TPSA) is 47.5 Å². The van der Waals surface area contributed by atoms with Crippen LogP contribution in [0.5, 0.6) is 5.75 Å². The van der Waals surface area contributed by atoms with E-state index in [0.29, 0.717) is 0 Å². The first kappa shape index (κ1) is 16.1. The molecule has 2 aromatic rings. The number of aromatic nitrogens is 2. The zero-order valence-electron chi connectivity index (χ0n) is 13.5. The van der Waals surface area contributed by atoms with Crippen molar-refractivity contribution in [1.29, 1.82) is 0 Å². The predicted octanol–water partition coefficient (Wildman–Crippen LogP) is 2.92. The van der Waals surface area contributed by atoms with Gasteiger partial charge in [0.1, 0.15) is 11.6 Å². The number of hydrogen-bond donors (Lipinski definition) is 0. The summed E-state index contributed by atoms with van der Waals surface area (Å²) in [6.07, 6.45) is 0. The summed E-state index contributed by atoms with van der Waals surface area (Å²) in [7, 11) is 1.68. The fraction of sp³-hybridized carbons (Fsp3) is 0.412. The number of benzene rings is 1. The highest BCUT2D eigenvalue weighted by Crippen LogP contribution is 2.24. The van der Waals surface area contributed by atoms with Crippen molar-refractivity contribution < 1.29 is 9.47 Å². The highest BCUT2D eigenvalue weighted by Gasteiger charge is 2.14. The van der Waals surface area contributed by atoms with E-state index >= 15 is 0 Å². The molecule has 0 atom stereocenters. The third kappa shape index (κ3) is 4.36. The zero-order chi connectivity index (χ0) is 16.1. The van der Waals surface area contributed by atoms with E-state index in [2.05, 4.69) is 22.0 Å². The summed E-state index contributed by atoms with van der Waals surface area (Å²) in [4.78, 5) is 11.5. The minimum Gasteiger partial charge on any atom is -0.497 e. The molecule has 1 saturated heterocycles. The normalized spacial score (nSPS) is 14.8. The Labute approximate surface area is 141 Å². The molecule has 0 spiro atoms. The lowest BCUT2D eigenvalue weighted by molar-refractivity contribution is 0.122. The molecule has 122 valence electrons. The van der Waals surface area contributed by atoms with Gasteiger partial charge in [0, 0.05) is 30.6 Å². The van der Waals surface area contributed by atoms with Gasteiger partial charge >= 0.3 is 0 Å². The summed E-state index contributed by atoms with van der Waals surface area (Å²) in [6.45, 7) is 5.32. The van der Waals surface area contributed by atoms with Crippen LogP contribution in [-0.4, -0.2) is 43.4 Å². The van der Waals surface area contributed by atoms with Gasteiger partial charge in [-0.3, -0.25) is 0 Å². The van der Waals surface area contributed by atoms with Gasteiger partial charge in [0.25, 0.3) is 0 Å². The molecule has 1 aromatic carbocycles. The molecule has 3 rings (SSSR count). The fourth-order valence-electron chi connectivity index (χ4n) is 2.41. The van der Waals surface area contributed by atoms with Crippen molar-refractivity contribution in [2.24, 2.45) is 0 Å². The van der Waals surface area contributed by atoms with E-state index in [9.17, 15) is 0 Å². The quantitative estimate of drug-likeness (QED) is 0.620. The summed E-state index contributed by atoms with van der Waals surface area (Å²) in [5, 5.41) is 0.822. The average Bonchev–Trinajstić information content (AvgIpc) is 2.61. The summed E-state index contributed by atoms with van der Waals surface area (Å²) in [5.41, 5.74) is 2.23. The number of hydrogen-bond acceptors (Lipinski definition) is 6. The van der Waals surface area contributed by atoms with E-state index < -0.39 is 0 Å². The van der Waals surface area contributed by atoms with Crippen molar-refractivity contribution in [1.82, 2.24) is 9.97 Å². The molecule has 0 radical (unpaired) electrons. The number of rotatable bonds is 5. The van der Waals surface area contributed by atoms with Crippen molar-refractivity contribution in [3.63, 3.8) is 0 Å². The Balaban J connectivity index is 1.68. The molecule has 0 unspecified atom stereocenters. The summed E-state index contributed by atoms with van der Waals surface area (Å²) in [6, 6.07) is 10.1. The minimum atomic E-state index is 0.761. The fourth-order valence-corrected chi connectivity index (χ4v) is 3.27. The van der Waals surface area contributed by atoms with Crippen LogP contribution >= 0.6 is 11.8 Å². The van der Waals surface area contributed by atoms with Gasteiger partial charge in [-0.15, -0.1) is 0 Å². The van der Waals surface area contributed by atoms with Gasteiger partial charge in [-0.05, 0) is 24.6 Å². The summed E-state index contributed by atoms with van der Waals surface area (Å²) < 4.78 is 10.6. The second kappa shape index (κ2) is 7.66. The number of methoxy groups -OCH3 is 1. The van der Waals surface area contributed by atoms with Gasteiger partial charge in [-0.1, -0.05) is 23.9 Å². The third-order valence-corrected chi connectivity index (χ3v) is 4.60. The monoisotopic (exact) mass is 331 g/mol. The van der Waals surface area contributed by atoms with Crippen LogP contribution in [0.25, 0.3) is 0 Å². The van der Waals surface area contributed by atoms with Crippen LogP contribution in [0.3, 0.4) is 0 Å². The number of nitrogens with zero attached hydrogens (tertiary/aromatic N) is 3. The van der Waals surface area contributed by atoms with Crippen LogP contribution in [-0.2, 0) is 10.5 Å². The lowest BCUT2D eigenvalue weighted by Gasteiger charge is -2.28. The van der Waals surface area contributed by atoms with E-state index in [1.54, 1.807) is 18.9 Å². The number of ether oxygens (including phenoxy) is 2. The standard InChI is InChI=1S/C17H21N3O2S/c1-13-11-16(20-7-9-22-10-8-20)19-17(18-13)23-12-14-3-5-15(21-2)6-4-14/h3-6,11H,7-10,12H2,1-2H3. The molecule has 0 N–H and O–H groups in total. The van der Waals surface area contributed by atoms with Gasteiger partial charge in [-0.2, -0.15) is 0 Å². The lowest BCUT2D eigenvalue weighted by Crippen LogP contribution is -2.36. The largest absolute Gasteiger partial charge is 0.497 e. The number of anilines is 1. The van der Waals surface area contributed by atoms with Crippen molar-refractivity contribution in [3.05, 3.63) is 41.6 Å². The van der Waals surface area contributed by atoms with Gasteiger partial charge in [-0.25, -0.2) is 9.97 Å². The second-order valence-electron chi connectivity index (χ2n) is 5.39. The first-order chi connectivity index (χ1) is 11.2. The van der Waals surface area contributed by atoms with Gasteiger partial charge in [0.05, 0.1) is 20.3 Å². The molecule has 1 aliphatic heterocycles. The van der Waals surface area contributed by atoms with E-state index in [1.165, 1.54) is 5.56 Å². The number of aryl methyl sites for hydroxylation is 1. The molecule has 0 saturated carbocycles. The Morgan fingerprint density at radius 3 is 2.61 bits per heavy atom. The summed E-state index contributed by atoms with van der Waals surface area (Å²) in [5.74, 6) is 2.72. The maximum Gasteiger partial charge on any atom is 0.190 e. The maximum absolute atomic E-state index is 5.41. The zero-order valence-corrected chi connectivity index (χ0v) is 14.3. The van der Waals surface area contributed by atoms with Crippen LogP contribution in [0.1, 0.15) is 11.3 Å². The molecule has 0 bridgehead atoms. The SMILES string of the molecule is COc1ccc(CSc2nc(C)cc(N3CCOCC3)n2)cc1. The van der Waals surface area contributed by atoms with Crippen molar-refractivity contribution in [3.8, 4) is 5.75 Å². The van der Waals surface area contributed by atoms with Gasteiger partial charge in [0.2, 0.25) is 0 Å².